The summed E-state index contributed by atoms with van der Waals surface area (Å²) in [7, 11) is 1.89. The molecule has 0 spiro atoms. The van der Waals surface area contributed by atoms with Gasteiger partial charge in [-0.2, -0.15) is 0 Å². The highest BCUT2D eigenvalue weighted by Gasteiger charge is 2.31. The van der Waals surface area contributed by atoms with E-state index in [0.29, 0.717) is 25.4 Å². The molecular formula is C16H22ClF3N2O2. The molecule has 1 aliphatic rings. The van der Waals surface area contributed by atoms with Crippen molar-refractivity contribution in [2.24, 2.45) is 0 Å². The van der Waals surface area contributed by atoms with Crippen LogP contribution in [0.25, 0.3) is 0 Å². The number of hydrogen-bond acceptors (Lipinski definition) is 3. The first-order valence-corrected chi connectivity index (χ1v) is 7.67. The van der Waals surface area contributed by atoms with E-state index in [-0.39, 0.29) is 24.1 Å². The van der Waals surface area contributed by atoms with Gasteiger partial charge in [-0.3, -0.25) is 4.79 Å². The van der Waals surface area contributed by atoms with Crippen molar-refractivity contribution in [1.29, 1.82) is 0 Å². The standard InChI is InChI=1S/C16H21F3N2O2.ClH/c1-20-13-3-2-10-21(11-13)15(22)9-6-12-4-7-14(8-5-12)23-16(17,18)19;/h4-5,7-8,13,20H,2-3,6,9-11H2,1H3;1H. The highest BCUT2D eigenvalue weighted by atomic mass is 35.5. The van der Waals surface area contributed by atoms with E-state index in [9.17, 15) is 18.0 Å². The van der Waals surface area contributed by atoms with Gasteiger partial charge in [-0.1, -0.05) is 12.1 Å². The van der Waals surface area contributed by atoms with Gasteiger partial charge in [0.25, 0.3) is 0 Å². The Bertz CT molecular complexity index is 523. The number of benzene rings is 1. The van der Waals surface area contributed by atoms with Crippen LogP contribution in [0.1, 0.15) is 24.8 Å². The summed E-state index contributed by atoms with van der Waals surface area (Å²) in [5.74, 6) is -0.166. The van der Waals surface area contributed by atoms with Crippen molar-refractivity contribution in [2.75, 3.05) is 20.1 Å². The SMILES string of the molecule is CNC1CCCN(C(=O)CCc2ccc(OC(F)(F)F)cc2)C1.Cl. The lowest BCUT2D eigenvalue weighted by Crippen LogP contribution is -2.47. The van der Waals surface area contributed by atoms with E-state index in [1.165, 1.54) is 12.1 Å². The monoisotopic (exact) mass is 366 g/mol. The number of piperidine rings is 1. The second-order valence-corrected chi connectivity index (χ2v) is 5.66. The zero-order valence-electron chi connectivity index (χ0n) is 13.4. The topological polar surface area (TPSA) is 41.6 Å². The summed E-state index contributed by atoms with van der Waals surface area (Å²) in [6, 6.07) is 5.99. The fourth-order valence-corrected chi connectivity index (χ4v) is 2.71. The summed E-state index contributed by atoms with van der Waals surface area (Å²) >= 11 is 0. The molecule has 1 aliphatic heterocycles. The quantitative estimate of drug-likeness (QED) is 0.870. The molecule has 1 saturated heterocycles. The highest BCUT2D eigenvalue weighted by molar-refractivity contribution is 5.85. The number of likely N-dealkylation sites (N-methyl/N-ethyl adjacent to an activating group) is 1. The van der Waals surface area contributed by atoms with Gasteiger partial charge in [-0.25, -0.2) is 0 Å². The number of carbonyl (C=O) groups is 1. The second-order valence-electron chi connectivity index (χ2n) is 5.66. The first-order chi connectivity index (χ1) is 10.9. The van der Waals surface area contributed by atoms with Gasteiger partial charge in [0.15, 0.2) is 0 Å². The van der Waals surface area contributed by atoms with Gasteiger partial charge in [0.1, 0.15) is 5.75 Å². The molecule has 0 bridgehead atoms. The van der Waals surface area contributed by atoms with E-state index in [0.717, 1.165) is 24.9 Å². The third kappa shape index (κ3) is 6.57. The van der Waals surface area contributed by atoms with Crippen molar-refractivity contribution < 1.29 is 22.7 Å². The molecule has 1 amide bonds. The fraction of sp³-hybridized carbons (Fsp3) is 0.562. The Balaban J connectivity index is 0.00000288. The summed E-state index contributed by atoms with van der Waals surface area (Å²) < 4.78 is 40.1. The Morgan fingerprint density at radius 3 is 2.58 bits per heavy atom. The molecule has 1 aromatic carbocycles. The van der Waals surface area contributed by atoms with Crippen LogP contribution in [0, 0.1) is 0 Å². The number of halogens is 4. The predicted molar refractivity (Wildman–Crippen MR) is 87.4 cm³/mol. The van der Waals surface area contributed by atoms with Crippen molar-refractivity contribution in [3.05, 3.63) is 29.8 Å². The first-order valence-electron chi connectivity index (χ1n) is 7.67. The van der Waals surface area contributed by atoms with Crippen LogP contribution in [-0.4, -0.2) is 43.3 Å². The van der Waals surface area contributed by atoms with Crippen molar-refractivity contribution >= 4 is 18.3 Å². The van der Waals surface area contributed by atoms with Crippen LogP contribution < -0.4 is 10.1 Å². The average Bonchev–Trinajstić information content (AvgIpc) is 2.52. The van der Waals surface area contributed by atoms with Crippen LogP contribution >= 0.6 is 12.4 Å². The molecule has 24 heavy (non-hydrogen) atoms. The summed E-state index contributed by atoms with van der Waals surface area (Å²) in [4.78, 5) is 14.1. The Hall–Kier alpha value is -1.47. The minimum Gasteiger partial charge on any atom is -0.406 e. The van der Waals surface area contributed by atoms with Crippen LogP contribution in [0.4, 0.5) is 13.2 Å². The molecule has 1 heterocycles. The van der Waals surface area contributed by atoms with Crippen molar-refractivity contribution in [1.82, 2.24) is 10.2 Å². The first kappa shape index (κ1) is 20.6. The largest absolute Gasteiger partial charge is 0.573 e. The molecule has 1 N–H and O–H groups in total. The Morgan fingerprint density at radius 1 is 1.33 bits per heavy atom. The Labute approximate surface area is 145 Å². The number of carbonyl (C=O) groups excluding carboxylic acids is 1. The smallest absolute Gasteiger partial charge is 0.406 e. The molecule has 1 unspecified atom stereocenters. The van der Waals surface area contributed by atoms with E-state index in [4.69, 9.17) is 0 Å². The van der Waals surface area contributed by atoms with Crippen LogP contribution in [0.3, 0.4) is 0 Å². The number of rotatable bonds is 5. The summed E-state index contributed by atoms with van der Waals surface area (Å²) in [6.45, 7) is 1.49. The molecule has 0 aliphatic carbocycles. The molecule has 1 aromatic rings. The number of likely N-dealkylation sites (tertiary alicyclic amines) is 1. The van der Waals surface area contributed by atoms with Gasteiger partial charge >= 0.3 is 6.36 Å². The van der Waals surface area contributed by atoms with E-state index >= 15 is 0 Å². The highest BCUT2D eigenvalue weighted by Crippen LogP contribution is 2.23. The maximum absolute atomic E-state index is 12.2. The Kier molecular flexibility index (Phi) is 7.83. The molecular weight excluding hydrogens is 345 g/mol. The van der Waals surface area contributed by atoms with Gasteiger partial charge in [0.05, 0.1) is 0 Å². The van der Waals surface area contributed by atoms with Crippen LogP contribution in [0.15, 0.2) is 24.3 Å². The van der Waals surface area contributed by atoms with Gasteiger partial charge < -0.3 is 15.0 Å². The zero-order chi connectivity index (χ0) is 16.9. The van der Waals surface area contributed by atoms with Crippen LogP contribution in [0.2, 0.25) is 0 Å². The lowest BCUT2D eigenvalue weighted by Gasteiger charge is -2.32. The number of nitrogens with zero attached hydrogens (tertiary/aromatic N) is 1. The van der Waals surface area contributed by atoms with E-state index in [1.54, 1.807) is 12.1 Å². The maximum Gasteiger partial charge on any atom is 0.573 e. The zero-order valence-corrected chi connectivity index (χ0v) is 14.3. The molecule has 0 radical (unpaired) electrons. The molecule has 136 valence electrons. The molecule has 8 heteroatoms. The van der Waals surface area contributed by atoms with E-state index in [2.05, 4.69) is 10.1 Å². The van der Waals surface area contributed by atoms with Gasteiger partial charge in [0.2, 0.25) is 5.91 Å². The third-order valence-electron chi connectivity index (χ3n) is 3.97. The average molecular weight is 367 g/mol. The van der Waals surface area contributed by atoms with Crippen LogP contribution in [-0.2, 0) is 11.2 Å². The molecule has 1 atom stereocenters. The lowest BCUT2D eigenvalue weighted by molar-refractivity contribution is -0.274. The summed E-state index contributed by atoms with van der Waals surface area (Å²) in [5, 5.41) is 3.19. The maximum atomic E-state index is 12.2. The minimum atomic E-state index is -4.68. The van der Waals surface area contributed by atoms with E-state index in [1.807, 2.05) is 11.9 Å². The second kappa shape index (κ2) is 9.13. The fourth-order valence-electron chi connectivity index (χ4n) is 2.71. The van der Waals surface area contributed by atoms with Gasteiger partial charge in [-0.15, -0.1) is 25.6 Å². The normalized spacial score (nSPS) is 18.0. The van der Waals surface area contributed by atoms with Crippen molar-refractivity contribution in [3.63, 3.8) is 0 Å². The molecule has 2 rings (SSSR count). The molecule has 0 aromatic heterocycles. The predicted octanol–water partition coefficient (Wildman–Crippen LogP) is 3.15. The van der Waals surface area contributed by atoms with Gasteiger partial charge in [0, 0.05) is 25.6 Å². The van der Waals surface area contributed by atoms with Crippen LogP contribution in [0.5, 0.6) is 5.75 Å². The number of ether oxygens (including phenoxy) is 1. The minimum absolute atomic E-state index is 0. The molecule has 1 fully saturated rings. The number of alkyl halides is 3. The molecule has 0 saturated carbocycles. The lowest BCUT2D eigenvalue weighted by atomic mass is 10.0. The number of amides is 1. The van der Waals surface area contributed by atoms with Crippen molar-refractivity contribution in [2.45, 2.75) is 38.1 Å². The summed E-state index contributed by atoms with van der Waals surface area (Å²) in [5.41, 5.74) is 0.815. The number of nitrogens with one attached hydrogen (secondary N) is 1. The van der Waals surface area contributed by atoms with Gasteiger partial charge in [-0.05, 0) is 44.0 Å². The summed E-state index contributed by atoms with van der Waals surface area (Å²) in [6.07, 6.45) is -1.76. The number of hydrogen-bond donors (Lipinski definition) is 1. The third-order valence-corrected chi connectivity index (χ3v) is 3.97. The van der Waals surface area contributed by atoms with E-state index < -0.39 is 6.36 Å². The Morgan fingerprint density at radius 2 is 2.00 bits per heavy atom. The molecule has 4 nitrogen and oxygen atoms in total. The number of aryl methyl sites for hydroxylation is 1. The van der Waals surface area contributed by atoms with Crippen molar-refractivity contribution in [3.8, 4) is 5.75 Å².